The highest BCUT2D eigenvalue weighted by Crippen LogP contribution is 2.50. The Morgan fingerprint density at radius 3 is 2.21 bits per heavy atom. The van der Waals surface area contributed by atoms with Gasteiger partial charge in [-0.15, -0.1) is 0 Å². The summed E-state index contributed by atoms with van der Waals surface area (Å²) in [5.41, 5.74) is -4.11. The fourth-order valence-corrected chi connectivity index (χ4v) is 5.24. The lowest BCUT2D eigenvalue weighted by molar-refractivity contribution is -0.262. The van der Waals surface area contributed by atoms with Gasteiger partial charge < -0.3 is 15.3 Å². The zero-order valence-corrected chi connectivity index (χ0v) is 18.8. The highest BCUT2D eigenvalue weighted by atomic mass is 35.5. The number of carbonyl (C=O) groups excluding carboxylic acids is 2. The van der Waals surface area contributed by atoms with E-state index in [9.17, 15) is 32.3 Å². The molecule has 182 valence electrons. The maximum atomic E-state index is 14.0. The number of amides is 2. The smallest absolute Gasteiger partial charge is 0.369 e. The molecule has 2 aromatic rings. The number of likely N-dealkylation sites (tertiary alicyclic amines) is 1. The summed E-state index contributed by atoms with van der Waals surface area (Å²) in [6, 6.07) is 10.3. The molecule has 10 heteroatoms. The predicted molar refractivity (Wildman–Crippen MR) is 116 cm³/mol. The van der Waals surface area contributed by atoms with Gasteiger partial charge in [-0.1, -0.05) is 35.9 Å². The molecule has 0 unspecified atom stereocenters. The van der Waals surface area contributed by atoms with E-state index in [2.05, 4.69) is 5.32 Å². The Bertz CT molecular complexity index is 1070. The van der Waals surface area contributed by atoms with Gasteiger partial charge in [-0.25, -0.2) is 4.39 Å². The van der Waals surface area contributed by atoms with E-state index in [-0.39, 0.29) is 49.2 Å². The summed E-state index contributed by atoms with van der Waals surface area (Å²) in [6.07, 6.45) is -4.57. The number of hydrogen-bond acceptors (Lipinski definition) is 3. The molecule has 2 amide bonds. The Kier molecular flexibility index (Phi) is 6.37. The SMILES string of the molecule is O=C1CC2(CCN(C(=O)[C@](O)(c3ccc(Cl)cc3)C(F)(F)F)CC2)[C@H](c2ccc(F)cc2)CN1. The number of nitrogens with one attached hydrogen (secondary N) is 1. The van der Waals surface area contributed by atoms with E-state index in [1.165, 1.54) is 24.3 Å². The fraction of sp³-hybridized carbons (Fsp3) is 0.417. The third-order valence-corrected chi connectivity index (χ3v) is 7.31. The van der Waals surface area contributed by atoms with Crippen LogP contribution >= 0.6 is 11.6 Å². The summed E-state index contributed by atoms with van der Waals surface area (Å²) in [5, 5.41) is 13.6. The molecular formula is C24H23ClF4N2O3. The second-order valence-corrected chi connectivity index (χ2v) is 9.39. The molecule has 2 heterocycles. The second-order valence-electron chi connectivity index (χ2n) is 8.95. The maximum absolute atomic E-state index is 14.0. The molecule has 2 aliphatic rings. The first kappa shape index (κ1) is 24.5. The average molecular weight is 499 g/mol. The van der Waals surface area contributed by atoms with Crippen molar-refractivity contribution < 1.29 is 32.3 Å². The van der Waals surface area contributed by atoms with Gasteiger partial charge in [-0.2, -0.15) is 13.2 Å². The molecule has 0 radical (unpaired) electrons. The quantitative estimate of drug-likeness (QED) is 0.625. The Labute approximate surface area is 198 Å². The number of benzene rings is 2. The maximum Gasteiger partial charge on any atom is 0.430 e. The first-order valence-corrected chi connectivity index (χ1v) is 11.2. The minimum Gasteiger partial charge on any atom is -0.369 e. The van der Waals surface area contributed by atoms with Crippen LogP contribution in [0.25, 0.3) is 0 Å². The fourth-order valence-electron chi connectivity index (χ4n) is 5.11. The topological polar surface area (TPSA) is 69.6 Å². The Hall–Kier alpha value is -2.65. The molecule has 0 bridgehead atoms. The molecule has 0 aromatic heterocycles. The van der Waals surface area contributed by atoms with Crippen LogP contribution in [0.5, 0.6) is 0 Å². The molecule has 5 nitrogen and oxygen atoms in total. The minimum atomic E-state index is -5.26. The van der Waals surface area contributed by atoms with Crippen molar-refractivity contribution in [1.29, 1.82) is 0 Å². The molecule has 2 saturated heterocycles. The lowest BCUT2D eigenvalue weighted by atomic mass is 9.62. The summed E-state index contributed by atoms with van der Waals surface area (Å²) in [4.78, 5) is 26.3. The standard InChI is InChI=1S/C24H23ClF4N2O3/c25-17-5-3-16(4-6-17)23(34,24(27,28)29)21(33)31-11-9-22(10-12-31)13-20(32)30-14-19(22)15-1-7-18(26)8-2-15/h1-8,19,34H,9-14H2,(H,30,32)/t19-,23+/m0/s1. The monoisotopic (exact) mass is 498 g/mol. The van der Waals surface area contributed by atoms with Gasteiger partial charge in [0.25, 0.3) is 11.5 Å². The zero-order chi connectivity index (χ0) is 24.7. The summed E-state index contributed by atoms with van der Waals surface area (Å²) < 4.78 is 55.4. The Morgan fingerprint density at radius 1 is 1.06 bits per heavy atom. The van der Waals surface area contributed by atoms with Gasteiger partial charge in [0.05, 0.1) is 0 Å². The van der Waals surface area contributed by atoms with Gasteiger partial charge in [0.2, 0.25) is 5.91 Å². The largest absolute Gasteiger partial charge is 0.430 e. The van der Waals surface area contributed by atoms with E-state index in [4.69, 9.17) is 11.6 Å². The molecule has 2 atom stereocenters. The summed E-state index contributed by atoms with van der Waals surface area (Å²) >= 11 is 5.76. The molecule has 2 aromatic carbocycles. The van der Waals surface area contributed by atoms with Gasteiger partial charge in [-0.3, -0.25) is 9.59 Å². The van der Waals surface area contributed by atoms with Crippen molar-refractivity contribution in [1.82, 2.24) is 10.2 Å². The van der Waals surface area contributed by atoms with E-state index in [0.717, 1.165) is 22.6 Å². The van der Waals surface area contributed by atoms with Crippen molar-refractivity contribution in [2.24, 2.45) is 5.41 Å². The minimum absolute atomic E-state index is 0.0597. The van der Waals surface area contributed by atoms with Gasteiger partial charge in [0.1, 0.15) is 5.82 Å². The summed E-state index contributed by atoms with van der Waals surface area (Å²) in [5.74, 6) is -2.21. The number of nitrogens with zero attached hydrogens (tertiary/aromatic N) is 1. The average Bonchev–Trinajstić information content (AvgIpc) is 2.79. The molecule has 1 spiro atoms. The highest BCUT2D eigenvalue weighted by Gasteiger charge is 2.62. The van der Waals surface area contributed by atoms with Crippen molar-refractivity contribution in [2.75, 3.05) is 19.6 Å². The van der Waals surface area contributed by atoms with Gasteiger partial charge in [0.15, 0.2) is 0 Å². The van der Waals surface area contributed by atoms with Gasteiger partial charge in [0, 0.05) is 42.6 Å². The number of halogens is 5. The van der Waals surface area contributed by atoms with E-state index >= 15 is 0 Å². The van der Waals surface area contributed by atoms with Crippen LogP contribution in [0.2, 0.25) is 5.02 Å². The molecular weight excluding hydrogens is 476 g/mol. The first-order chi connectivity index (χ1) is 16.0. The van der Waals surface area contributed by atoms with Crippen LogP contribution in [-0.2, 0) is 15.2 Å². The number of hydrogen-bond donors (Lipinski definition) is 2. The zero-order valence-electron chi connectivity index (χ0n) is 18.0. The van der Waals surface area contributed by atoms with Crippen molar-refractivity contribution in [3.8, 4) is 0 Å². The van der Waals surface area contributed by atoms with Crippen LogP contribution < -0.4 is 5.32 Å². The van der Waals surface area contributed by atoms with Crippen LogP contribution in [0.4, 0.5) is 17.6 Å². The Morgan fingerprint density at radius 2 is 1.65 bits per heavy atom. The van der Waals surface area contributed by atoms with E-state index in [1.54, 1.807) is 12.1 Å². The molecule has 2 N–H and O–H groups in total. The number of alkyl halides is 3. The number of piperidine rings is 2. The van der Waals surface area contributed by atoms with E-state index < -0.39 is 34.5 Å². The van der Waals surface area contributed by atoms with Crippen LogP contribution in [0.3, 0.4) is 0 Å². The molecule has 34 heavy (non-hydrogen) atoms. The lowest BCUT2D eigenvalue weighted by Gasteiger charge is -2.50. The van der Waals surface area contributed by atoms with Gasteiger partial charge >= 0.3 is 6.18 Å². The third kappa shape index (κ3) is 4.27. The second kappa shape index (κ2) is 8.85. The van der Waals surface area contributed by atoms with Crippen LogP contribution in [-0.4, -0.2) is 47.6 Å². The molecule has 0 saturated carbocycles. The molecule has 2 fully saturated rings. The Balaban J connectivity index is 1.59. The number of carbonyl (C=O) groups is 2. The van der Waals surface area contributed by atoms with E-state index in [1.807, 2.05) is 0 Å². The molecule has 0 aliphatic carbocycles. The van der Waals surface area contributed by atoms with Crippen molar-refractivity contribution in [3.05, 3.63) is 70.5 Å². The molecule has 4 rings (SSSR count). The van der Waals surface area contributed by atoms with Crippen LogP contribution in [0.15, 0.2) is 48.5 Å². The van der Waals surface area contributed by atoms with Crippen molar-refractivity contribution in [2.45, 2.75) is 37.0 Å². The molecule has 2 aliphatic heterocycles. The van der Waals surface area contributed by atoms with Crippen molar-refractivity contribution in [3.63, 3.8) is 0 Å². The number of rotatable bonds is 3. The van der Waals surface area contributed by atoms with Crippen LogP contribution in [0, 0.1) is 11.2 Å². The highest BCUT2D eigenvalue weighted by molar-refractivity contribution is 6.30. The number of aliphatic hydroxyl groups is 1. The third-order valence-electron chi connectivity index (χ3n) is 7.06. The normalized spacial score (nSPS) is 22.2. The lowest BCUT2D eigenvalue weighted by Crippen LogP contribution is -2.59. The first-order valence-electron chi connectivity index (χ1n) is 10.8. The van der Waals surface area contributed by atoms with Crippen LogP contribution in [0.1, 0.15) is 36.3 Å². The summed E-state index contributed by atoms with van der Waals surface area (Å²) in [7, 11) is 0. The predicted octanol–water partition coefficient (Wildman–Crippen LogP) is 4.14. The van der Waals surface area contributed by atoms with Gasteiger partial charge in [-0.05, 0) is 48.1 Å². The van der Waals surface area contributed by atoms with Crippen molar-refractivity contribution >= 4 is 23.4 Å². The van der Waals surface area contributed by atoms with E-state index in [0.29, 0.717) is 6.54 Å². The summed E-state index contributed by atoms with van der Waals surface area (Å²) in [6.45, 7) is 0.196.